The van der Waals surface area contributed by atoms with Crippen molar-refractivity contribution in [3.8, 4) is 0 Å². The molecule has 92 valence electrons. The van der Waals surface area contributed by atoms with Crippen molar-refractivity contribution in [1.82, 2.24) is 5.06 Å². The number of hydrogen-bond donors (Lipinski definition) is 1. The lowest BCUT2D eigenvalue weighted by Crippen LogP contribution is -2.42. The lowest BCUT2D eigenvalue weighted by molar-refractivity contribution is -0.247. The molecule has 0 radical (unpaired) electrons. The molecule has 0 aliphatic carbocycles. The van der Waals surface area contributed by atoms with Gasteiger partial charge in [0, 0.05) is 17.0 Å². The second-order valence-electron chi connectivity index (χ2n) is 4.04. The molecule has 4 nitrogen and oxygen atoms in total. The van der Waals surface area contributed by atoms with E-state index in [1.54, 1.807) is 18.2 Å². The number of hydroxylamine groups is 2. The summed E-state index contributed by atoms with van der Waals surface area (Å²) >= 11 is 5.91. The first kappa shape index (κ1) is 12.4. The van der Waals surface area contributed by atoms with Gasteiger partial charge in [0.15, 0.2) is 5.72 Å². The molecule has 1 unspecified atom stereocenters. The number of aliphatic hydroxyl groups is 1. The van der Waals surface area contributed by atoms with E-state index in [-0.39, 0.29) is 5.91 Å². The molecule has 0 saturated heterocycles. The van der Waals surface area contributed by atoms with Crippen LogP contribution in [0.25, 0.3) is 0 Å². The van der Waals surface area contributed by atoms with Crippen LogP contribution in [-0.4, -0.2) is 23.2 Å². The average Bonchev–Trinajstić information content (AvgIpc) is 2.48. The average molecular weight is 256 g/mol. The molecule has 1 amide bonds. The Bertz CT molecular complexity index is 463. The number of fused-ring (bicyclic) bond motifs is 1. The zero-order chi connectivity index (χ0) is 12.6. The molecule has 1 atom stereocenters. The van der Waals surface area contributed by atoms with Crippen LogP contribution >= 0.6 is 11.6 Å². The van der Waals surface area contributed by atoms with Crippen molar-refractivity contribution in [3.05, 3.63) is 34.3 Å². The summed E-state index contributed by atoms with van der Waals surface area (Å²) in [6.45, 7) is 1.93. The molecule has 17 heavy (non-hydrogen) atoms. The smallest absolute Gasteiger partial charge is 0.280 e. The number of hydrogen-bond acceptors (Lipinski definition) is 3. The van der Waals surface area contributed by atoms with E-state index in [0.717, 1.165) is 11.5 Å². The maximum Gasteiger partial charge on any atom is 0.280 e. The Morgan fingerprint density at radius 2 is 2.24 bits per heavy atom. The van der Waals surface area contributed by atoms with Gasteiger partial charge in [-0.1, -0.05) is 24.9 Å². The van der Waals surface area contributed by atoms with E-state index < -0.39 is 5.72 Å². The predicted octanol–water partition coefficient (Wildman–Crippen LogP) is 2.30. The molecule has 5 heteroatoms. The van der Waals surface area contributed by atoms with Crippen LogP contribution in [0.1, 0.15) is 35.7 Å². The topological polar surface area (TPSA) is 49.8 Å². The molecule has 1 heterocycles. The fraction of sp³-hybridized carbons (Fsp3) is 0.417. The number of carbonyl (C=O) groups is 1. The van der Waals surface area contributed by atoms with Crippen molar-refractivity contribution >= 4 is 17.5 Å². The molecular weight excluding hydrogens is 242 g/mol. The monoisotopic (exact) mass is 255 g/mol. The Morgan fingerprint density at radius 1 is 1.53 bits per heavy atom. The normalized spacial score (nSPS) is 23.1. The first-order chi connectivity index (χ1) is 8.04. The lowest BCUT2D eigenvalue weighted by atomic mass is 9.98. The minimum atomic E-state index is -1.42. The third-order valence-corrected chi connectivity index (χ3v) is 3.18. The van der Waals surface area contributed by atoms with Crippen LogP contribution in [0.15, 0.2) is 18.2 Å². The zero-order valence-electron chi connectivity index (χ0n) is 9.74. The van der Waals surface area contributed by atoms with Crippen LogP contribution in [0.2, 0.25) is 5.02 Å². The first-order valence-electron chi connectivity index (χ1n) is 5.45. The maximum atomic E-state index is 12.0. The van der Waals surface area contributed by atoms with E-state index >= 15 is 0 Å². The van der Waals surface area contributed by atoms with E-state index in [2.05, 4.69) is 0 Å². The summed E-state index contributed by atoms with van der Waals surface area (Å²) in [6.07, 6.45) is 1.12. The van der Waals surface area contributed by atoms with E-state index in [4.69, 9.17) is 16.4 Å². The second kappa shape index (κ2) is 4.29. The fourth-order valence-corrected chi connectivity index (χ4v) is 2.41. The lowest BCUT2D eigenvalue weighted by Gasteiger charge is -2.31. The SMILES string of the molecule is CCCC1(O)c2cc(Cl)ccc2C(=O)N1OC. The van der Waals surface area contributed by atoms with Crippen LogP contribution in [0.3, 0.4) is 0 Å². The summed E-state index contributed by atoms with van der Waals surface area (Å²) in [7, 11) is 1.37. The van der Waals surface area contributed by atoms with Crippen LogP contribution < -0.4 is 0 Å². The Labute approximate surface area is 105 Å². The Hall–Kier alpha value is -1.10. The second-order valence-corrected chi connectivity index (χ2v) is 4.48. The molecule has 0 bridgehead atoms. The summed E-state index contributed by atoms with van der Waals surface area (Å²) in [5, 5.41) is 12.1. The highest BCUT2D eigenvalue weighted by atomic mass is 35.5. The van der Waals surface area contributed by atoms with Crippen LogP contribution in [0, 0.1) is 0 Å². The third kappa shape index (κ3) is 1.73. The molecule has 0 saturated carbocycles. The van der Waals surface area contributed by atoms with E-state index in [0.29, 0.717) is 22.6 Å². The molecule has 0 aromatic heterocycles. The largest absolute Gasteiger partial charge is 0.365 e. The summed E-state index contributed by atoms with van der Waals surface area (Å²) < 4.78 is 0. The van der Waals surface area contributed by atoms with Gasteiger partial charge in [0.2, 0.25) is 0 Å². The molecule has 1 aliphatic rings. The van der Waals surface area contributed by atoms with Crippen LogP contribution in [-0.2, 0) is 10.6 Å². The van der Waals surface area contributed by atoms with Crippen molar-refractivity contribution in [2.45, 2.75) is 25.5 Å². The molecule has 1 aromatic carbocycles. The van der Waals surface area contributed by atoms with Gasteiger partial charge in [0.1, 0.15) is 0 Å². The summed E-state index contributed by atoms with van der Waals surface area (Å²) in [5.74, 6) is -0.338. The summed E-state index contributed by atoms with van der Waals surface area (Å²) in [6, 6.07) is 4.85. The van der Waals surface area contributed by atoms with Gasteiger partial charge in [-0.05, 0) is 18.2 Å². The zero-order valence-corrected chi connectivity index (χ0v) is 10.5. The van der Waals surface area contributed by atoms with Crippen molar-refractivity contribution in [1.29, 1.82) is 0 Å². The Kier molecular flexibility index (Phi) is 3.12. The van der Waals surface area contributed by atoms with Crippen LogP contribution in [0.4, 0.5) is 0 Å². The number of benzene rings is 1. The number of nitrogens with zero attached hydrogens (tertiary/aromatic N) is 1. The van der Waals surface area contributed by atoms with Gasteiger partial charge in [-0.15, -0.1) is 0 Å². The molecule has 1 N–H and O–H groups in total. The van der Waals surface area contributed by atoms with E-state index in [9.17, 15) is 9.90 Å². The number of carbonyl (C=O) groups excluding carboxylic acids is 1. The molecule has 0 fully saturated rings. The highest BCUT2D eigenvalue weighted by Gasteiger charge is 2.49. The van der Waals surface area contributed by atoms with Crippen LogP contribution in [0.5, 0.6) is 0 Å². The number of rotatable bonds is 3. The minimum Gasteiger partial charge on any atom is -0.365 e. The fourth-order valence-electron chi connectivity index (χ4n) is 2.24. The third-order valence-electron chi connectivity index (χ3n) is 2.94. The maximum absolute atomic E-state index is 12.0. The standard InChI is InChI=1S/C12H14ClNO3/c1-3-6-12(16)10-7-8(13)4-5-9(10)11(15)14(12)17-2/h4-5,7,16H,3,6H2,1-2H3. The van der Waals surface area contributed by atoms with Gasteiger partial charge >= 0.3 is 0 Å². The molecular formula is C12H14ClNO3. The van der Waals surface area contributed by atoms with Gasteiger partial charge < -0.3 is 5.11 Å². The summed E-state index contributed by atoms with van der Waals surface area (Å²) in [5.41, 5.74) is -0.466. The van der Waals surface area contributed by atoms with Gasteiger partial charge in [0.05, 0.1) is 12.7 Å². The summed E-state index contributed by atoms with van der Waals surface area (Å²) in [4.78, 5) is 17.0. The van der Waals surface area contributed by atoms with Gasteiger partial charge in [-0.3, -0.25) is 9.63 Å². The van der Waals surface area contributed by atoms with Gasteiger partial charge in [-0.25, -0.2) is 0 Å². The first-order valence-corrected chi connectivity index (χ1v) is 5.83. The van der Waals surface area contributed by atoms with Gasteiger partial charge in [-0.2, -0.15) is 5.06 Å². The number of halogens is 1. The Balaban J connectivity index is 2.59. The van der Waals surface area contributed by atoms with Crippen molar-refractivity contribution < 1.29 is 14.7 Å². The minimum absolute atomic E-state index is 0.338. The van der Waals surface area contributed by atoms with Gasteiger partial charge in [0.25, 0.3) is 5.91 Å². The van der Waals surface area contributed by atoms with Crippen molar-refractivity contribution in [2.24, 2.45) is 0 Å². The van der Waals surface area contributed by atoms with E-state index in [1.165, 1.54) is 7.11 Å². The quantitative estimate of drug-likeness (QED) is 0.902. The van der Waals surface area contributed by atoms with Crippen molar-refractivity contribution in [2.75, 3.05) is 7.11 Å². The molecule has 1 aliphatic heterocycles. The molecule has 2 rings (SSSR count). The predicted molar refractivity (Wildman–Crippen MR) is 63.4 cm³/mol. The molecule has 0 spiro atoms. The highest BCUT2D eigenvalue weighted by molar-refractivity contribution is 6.30. The van der Waals surface area contributed by atoms with E-state index in [1.807, 2.05) is 6.92 Å². The molecule has 1 aromatic rings. The Morgan fingerprint density at radius 3 is 2.82 bits per heavy atom. The highest BCUT2D eigenvalue weighted by Crippen LogP contribution is 2.41. The number of amides is 1. The van der Waals surface area contributed by atoms with Crippen molar-refractivity contribution in [3.63, 3.8) is 0 Å².